The number of nitrogens with one attached hydrogen (secondary N) is 1. The molecule has 0 bridgehead atoms. The van der Waals surface area contributed by atoms with E-state index in [-0.39, 0.29) is 0 Å². The van der Waals surface area contributed by atoms with Gasteiger partial charge in [0.05, 0.1) is 17.9 Å². The van der Waals surface area contributed by atoms with Gasteiger partial charge in [-0.2, -0.15) is 5.10 Å². The number of nitrogens with zero attached hydrogens (tertiary/aromatic N) is 4. The zero-order valence-electron chi connectivity index (χ0n) is 12.9. The summed E-state index contributed by atoms with van der Waals surface area (Å²) in [6.45, 7) is 5.05. The molecule has 0 saturated carbocycles. The Kier molecular flexibility index (Phi) is 3.91. The quantitative estimate of drug-likeness (QED) is 0.942. The Balaban J connectivity index is 1.53. The van der Waals surface area contributed by atoms with Gasteiger partial charge in [0, 0.05) is 38.1 Å². The lowest BCUT2D eigenvalue weighted by Crippen LogP contribution is -2.33. The summed E-state index contributed by atoms with van der Waals surface area (Å²) >= 11 is 0. The summed E-state index contributed by atoms with van der Waals surface area (Å²) in [6, 6.07) is 7.00. The van der Waals surface area contributed by atoms with Crippen molar-refractivity contribution in [3.63, 3.8) is 0 Å². The van der Waals surface area contributed by atoms with Crippen LogP contribution in [0.25, 0.3) is 0 Å². The van der Waals surface area contributed by atoms with Gasteiger partial charge in [-0.1, -0.05) is 12.5 Å². The molecule has 0 radical (unpaired) electrons. The van der Waals surface area contributed by atoms with Crippen LogP contribution in [-0.2, 0) is 19.6 Å². The van der Waals surface area contributed by atoms with E-state index in [1.54, 1.807) is 0 Å². The molecule has 1 atom stereocenters. The molecule has 2 aliphatic heterocycles. The van der Waals surface area contributed by atoms with Gasteiger partial charge in [0.15, 0.2) is 0 Å². The van der Waals surface area contributed by atoms with Gasteiger partial charge in [0.2, 0.25) is 0 Å². The first kappa shape index (κ1) is 13.9. The molecule has 1 saturated heterocycles. The van der Waals surface area contributed by atoms with Crippen LogP contribution in [0.3, 0.4) is 0 Å². The Labute approximate surface area is 131 Å². The highest BCUT2D eigenvalue weighted by Crippen LogP contribution is 2.31. The van der Waals surface area contributed by atoms with Crippen molar-refractivity contribution in [2.24, 2.45) is 0 Å². The molecule has 5 heteroatoms. The lowest BCUT2D eigenvalue weighted by Gasteiger charge is -2.35. The first-order chi connectivity index (χ1) is 10.9. The molecular weight excluding hydrogens is 274 g/mol. The maximum Gasteiger partial charge on any atom is 0.0768 e. The van der Waals surface area contributed by atoms with Crippen molar-refractivity contribution in [1.82, 2.24) is 25.0 Å². The normalized spacial score (nSPS) is 22.5. The first-order valence-corrected chi connectivity index (χ1v) is 8.30. The van der Waals surface area contributed by atoms with E-state index in [0.29, 0.717) is 6.04 Å². The lowest BCUT2D eigenvalue weighted by atomic mass is 9.96. The smallest absolute Gasteiger partial charge is 0.0768 e. The van der Waals surface area contributed by atoms with Crippen molar-refractivity contribution in [3.8, 4) is 0 Å². The fourth-order valence-corrected chi connectivity index (χ4v) is 3.67. The third-order valence-corrected chi connectivity index (χ3v) is 4.77. The second-order valence-electron chi connectivity index (χ2n) is 6.30. The third-order valence-electron chi connectivity index (χ3n) is 4.77. The molecule has 2 aromatic rings. The standard InChI is InChI=1S/C17H23N5/c1-2-8-21(17(5-1)14-4-3-6-18-11-14)13-15-10-16-12-19-7-9-22(16)20-15/h3-4,6,10-11,17,19H,1-2,5,7-9,12-13H2/t17-/m1/s1. The summed E-state index contributed by atoms with van der Waals surface area (Å²) in [4.78, 5) is 6.87. The molecule has 4 rings (SSSR count). The first-order valence-electron chi connectivity index (χ1n) is 8.30. The van der Waals surface area contributed by atoms with Crippen LogP contribution >= 0.6 is 0 Å². The van der Waals surface area contributed by atoms with Crippen molar-refractivity contribution < 1.29 is 0 Å². The monoisotopic (exact) mass is 297 g/mol. The molecule has 2 aromatic heterocycles. The summed E-state index contributed by atoms with van der Waals surface area (Å²) in [7, 11) is 0. The molecule has 1 fully saturated rings. The summed E-state index contributed by atoms with van der Waals surface area (Å²) < 4.78 is 2.16. The van der Waals surface area contributed by atoms with E-state index >= 15 is 0 Å². The van der Waals surface area contributed by atoms with Crippen LogP contribution in [-0.4, -0.2) is 32.8 Å². The van der Waals surface area contributed by atoms with Crippen LogP contribution in [0.5, 0.6) is 0 Å². The zero-order chi connectivity index (χ0) is 14.8. The summed E-state index contributed by atoms with van der Waals surface area (Å²) in [5, 5.41) is 8.20. The Hall–Kier alpha value is -1.72. The van der Waals surface area contributed by atoms with Crippen LogP contribution in [0.2, 0.25) is 0 Å². The van der Waals surface area contributed by atoms with Crippen LogP contribution in [0.1, 0.15) is 42.3 Å². The minimum absolute atomic E-state index is 0.485. The Morgan fingerprint density at radius 2 is 2.27 bits per heavy atom. The number of pyridine rings is 1. The molecule has 2 aliphatic rings. The lowest BCUT2D eigenvalue weighted by molar-refractivity contribution is 0.138. The summed E-state index contributed by atoms with van der Waals surface area (Å²) in [6.07, 6.45) is 7.69. The van der Waals surface area contributed by atoms with Crippen LogP contribution < -0.4 is 5.32 Å². The predicted octanol–water partition coefficient (Wildman–Crippen LogP) is 2.11. The maximum atomic E-state index is 4.79. The van der Waals surface area contributed by atoms with Gasteiger partial charge in [0.25, 0.3) is 0 Å². The van der Waals surface area contributed by atoms with E-state index in [4.69, 9.17) is 5.10 Å². The Bertz CT molecular complexity index is 598. The number of hydrogen-bond donors (Lipinski definition) is 1. The van der Waals surface area contributed by atoms with E-state index in [1.165, 1.54) is 36.2 Å². The third kappa shape index (κ3) is 2.78. The van der Waals surface area contributed by atoms with Crippen molar-refractivity contribution in [2.75, 3.05) is 13.1 Å². The average Bonchev–Trinajstić information content (AvgIpc) is 2.98. The van der Waals surface area contributed by atoms with E-state index in [2.05, 4.69) is 32.0 Å². The van der Waals surface area contributed by atoms with E-state index in [1.807, 2.05) is 18.5 Å². The molecule has 0 amide bonds. The SMILES string of the molecule is c1cncc([C@H]2CCCCN2Cc2cc3n(n2)CCNC3)c1. The minimum Gasteiger partial charge on any atom is -0.309 e. The highest BCUT2D eigenvalue weighted by atomic mass is 15.3. The minimum atomic E-state index is 0.485. The van der Waals surface area contributed by atoms with Gasteiger partial charge in [-0.05, 0) is 37.1 Å². The van der Waals surface area contributed by atoms with Gasteiger partial charge < -0.3 is 5.32 Å². The average molecular weight is 297 g/mol. The highest BCUT2D eigenvalue weighted by molar-refractivity contribution is 5.16. The van der Waals surface area contributed by atoms with Crippen LogP contribution in [0.15, 0.2) is 30.6 Å². The number of aromatic nitrogens is 3. The van der Waals surface area contributed by atoms with Crippen LogP contribution in [0.4, 0.5) is 0 Å². The molecular formula is C17H23N5. The molecule has 116 valence electrons. The van der Waals surface area contributed by atoms with Gasteiger partial charge >= 0.3 is 0 Å². The molecule has 5 nitrogen and oxygen atoms in total. The van der Waals surface area contributed by atoms with Gasteiger partial charge in [-0.15, -0.1) is 0 Å². The molecule has 4 heterocycles. The van der Waals surface area contributed by atoms with Crippen LogP contribution in [0, 0.1) is 0 Å². The van der Waals surface area contributed by atoms with Crippen molar-refractivity contribution in [1.29, 1.82) is 0 Å². The van der Waals surface area contributed by atoms with E-state index in [9.17, 15) is 0 Å². The van der Waals surface area contributed by atoms with Gasteiger partial charge in [0.1, 0.15) is 0 Å². The van der Waals surface area contributed by atoms with Gasteiger partial charge in [-0.25, -0.2) is 0 Å². The number of fused-ring (bicyclic) bond motifs is 1. The number of likely N-dealkylation sites (tertiary alicyclic amines) is 1. The molecule has 0 unspecified atom stereocenters. The number of rotatable bonds is 3. The molecule has 0 aromatic carbocycles. The Morgan fingerprint density at radius 1 is 1.27 bits per heavy atom. The number of hydrogen-bond acceptors (Lipinski definition) is 4. The zero-order valence-corrected chi connectivity index (χ0v) is 12.9. The highest BCUT2D eigenvalue weighted by Gasteiger charge is 2.25. The van der Waals surface area contributed by atoms with Crippen molar-refractivity contribution in [3.05, 3.63) is 47.5 Å². The fourth-order valence-electron chi connectivity index (χ4n) is 3.67. The topological polar surface area (TPSA) is 46.0 Å². The van der Waals surface area contributed by atoms with E-state index in [0.717, 1.165) is 32.7 Å². The molecule has 0 spiro atoms. The van der Waals surface area contributed by atoms with Crippen molar-refractivity contribution >= 4 is 0 Å². The fraction of sp³-hybridized carbons (Fsp3) is 0.529. The molecule has 1 N–H and O–H groups in total. The Morgan fingerprint density at radius 3 is 3.14 bits per heavy atom. The predicted molar refractivity (Wildman–Crippen MR) is 85.2 cm³/mol. The second kappa shape index (κ2) is 6.18. The molecule has 22 heavy (non-hydrogen) atoms. The summed E-state index contributed by atoms with van der Waals surface area (Å²) in [5.41, 5.74) is 3.86. The largest absolute Gasteiger partial charge is 0.309 e. The number of piperidine rings is 1. The second-order valence-corrected chi connectivity index (χ2v) is 6.30. The summed E-state index contributed by atoms with van der Waals surface area (Å²) in [5.74, 6) is 0. The maximum absolute atomic E-state index is 4.79. The molecule has 0 aliphatic carbocycles. The van der Waals surface area contributed by atoms with Gasteiger partial charge in [-0.3, -0.25) is 14.6 Å². The van der Waals surface area contributed by atoms with Crippen molar-refractivity contribution in [2.45, 2.75) is 44.9 Å². The van der Waals surface area contributed by atoms with E-state index < -0.39 is 0 Å².